The average Bonchev–Trinajstić information content (AvgIpc) is 2.61. The van der Waals surface area contributed by atoms with Crippen molar-refractivity contribution in [1.29, 1.82) is 5.26 Å². The number of amides is 2. The van der Waals surface area contributed by atoms with Gasteiger partial charge in [-0.1, -0.05) is 18.2 Å². The van der Waals surface area contributed by atoms with Crippen molar-refractivity contribution in [3.63, 3.8) is 0 Å². The van der Waals surface area contributed by atoms with Gasteiger partial charge in [0.15, 0.2) is 6.61 Å². The van der Waals surface area contributed by atoms with Crippen molar-refractivity contribution < 1.29 is 13.9 Å². The van der Waals surface area contributed by atoms with Crippen molar-refractivity contribution in [2.45, 2.75) is 13.0 Å². The summed E-state index contributed by atoms with van der Waals surface area (Å²) in [6, 6.07) is 13.6. The van der Waals surface area contributed by atoms with Crippen molar-refractivity contribution in [1.82, 2.24) is 10.6 Å². The first-order chi connectivity index (χ1) is 12.1. The van der Waals surface area contributed by atoms with E-state index in [0.717, 1.165) is 11.1 Å². The van der Waals surface area contributed by atoms with E-state index in [2.05, 4.69) is 26.6 Å². The predicted molar refractivity (Wildman–Crippen MR) is 95.6 cm³/mol. The molecular weight excluding hydrogens is 389 g/mol. The van der Waals surface area contributed by atoms with Crippen molar-refractivity contribution in [3.05, 3.63) is 63.9 Å². The third-order valence-electron chi connectivity index (χ3n) is 3.34. The first-order valence-corrected chi connectivity index (χ1v) is 8.42. The Labute approximate surface area is 153 Å². The minimum atomic E-state index is -0.310. The Morgan fingerprint density at radius 1 is 1.20 bits per heavy atom. The number of rotatable bonds is 7. The number of nitriles is 1. The number of urea groups is 1. The minimum Gasteiger partial charge on any atom is -0.479 e. The van der Waals surface area contributed by atoms with Gasteiger partial charge in [0, 0.05) is 13.1 Å². The van der Waals surface area contributed by atoms with E-state index in [9.17, 15) is 9.18 Å². The zero-order chi connectivity index (χ0) is 18.1. The summed E-state index contributed by atoms with van der Waals surface area (Å²) in [5, 5.41) is 14.0. The molecule has 0 aromatic heterocycles. The molecule has 0 bridgehead atoms. The molecule has 25 heavy (non-hydrogen) atoms. The highest BCUT2D eigenvalue weighted by Crippen LogP contribution is 2.17. The maximum atomic E-state index is 13.2. The third-order valence-corrected chi connectivity index (χ3v) is 3.95. The maximum Gasteiger partial charge on any atom is 0.315 e. The summed E-state index contributed by atoms with van der Waals surface area (Å²) < 4.78 is 18.8. The number of halogens is 2. The molecular formula is C18H17BrFN3O2. The average molecular weight is 406 g/mol. The molecule has 0 aliphatic heterocycles. The van der Waals surface area contributed by atoms with Crippen LogP contribution >= 0.6 is 15.9 Å². The number of hydrogen-bond acceptors (Lipinski definition) is 3. The van der Waals surface area contributed by atoms with E-state index in [4.69, 9.17) is 10.00 Å². The van der Waals surface area contributed by atoms with Crippen LogP contribution in [0.25, 0.3) is 0 Å². The second-order valence-electron chi connectivity index (χ2n) is 5.20. The van der Waals surface area contributed by atoms with Crippen LogP contribution in [0.1, 0.15) is 11.1 Å². The quantitative estimate of drug-likeness (QED) is 0.739. The third kappa shape index (κ3) is 6.43. The molecule has 2 aromatic carbocycles. The number of nitrogens with one attached hydrogen (secondary N) is 2. The Morgan fingerprint density at radius 2 is 2.04 bits per heavy atom. The molecule has 0 radical (unpaired) electrons. The lowest BCUT2D eigenvalue weighted by Crippen LogP contribution is -2.36. The lowest BCUT2D eigenvalue weighted by molar-refractivity contribution is 0.240. The van der Waals surface area contributed by atoms with Crippen LogP contribution < -0.4 is 15.4 Å². The second-order valence-corrected chi connectivity index (χ2v) is 6.06. The van der Waals surface area contributed by atoms with Gasteiger partial charge in [-0.2, -0.15) is 5.26 Å². The van der Waals surface area contributed by atoms with Gasteiger partial charge in [-0.05, 0) is 57.7 Å². The fraction of sp³-hybridized carbons (Fsp3) is 0.222. The SMILES string of the molecule is N#CCOc1cccc(CNC(=O)NCCc2ccc(F)c(Br)c2)c1. The minimum absolute atomic E-state index is 0.0170. The molecule has 0 aliphatic carbocycles. The maximum absolute atomic E-state index is 13.2. The van der Waals surface area contributed by atoms with Crippen molar-refractivity contribution in [2.24, 2.45) is 0 Å². The molecule has 7 heteroatoms. The second kappa shape index (κ2) is 9.64. The van der Waals surface area contributed by atoms with E-state index in [1.54, 1.807) is 30.3 Å². The van der Waals surface area contributed by atoms with Gasteiger partial charge in [0.1, 0.15) is 17.6 Å². The van der Waals surface area contributed by atoms with E-state index in [0.29, 0.717) is 29.7 Å². The van der Waals surface area contributed by atoms with Crippen LogP contribution in [0.3, 0.4) is 0 Å². The highest BCUT2D eigenvalue weighted by Gasteiger charge is 2.04. The molecule has 0 unspecified atom stereocenters. The van der Waals surface area contributed by atoms with E-state index in [1.165, 1.54) is 6.07 Å². The Kier molecular flexibility index (Phi) is 7.23. The van der Waals surface area contributed by atoms with Crippen molar-refractivity contribution >= 4 is 22.0 Å². The summed E-state index contributed by atoms with van der Waals surface area (Å²) in [6.45, 7) is 0.768. The van der Waals surface area contributed by atoms with Gasteiger partial charge in [0.05, 0.1) is 4.47 Å². The van der Waals surface area contributed by atoms with Gasteiger partial charge in [0.2, 0.25) is 0 Å². The highest BCUT2D eigenvalue weighted by molar-refractivity contribution is 9.10. The van der Waals surface area contributed by atoms with Crippen LogP contribution in [-0.4, -0.2) is 19.2 Å². The normalized spacial score (nSPS) is 9.96. The summed E-state index contributed by atoms with van der Waals surface area (Å²) in [5.74, 6) is 0.276. The molecule has 0 saturated carbocycles. The van der Waals surface area contributed by atoms with E-state index >= 15 is 0 Å². The summed E-state index contributed by atoms with van der Waals surface area (Å²) >= 11 is 3.14. The molecule has 5 nitrogen and oxygen atoms in total. The first kappa shape index (κ1) is 18.7. The molecule has 2 N–H and O–H groups in total. The van der Waals surface area contributed by atoms with Gasteiger partial charge >= 0.3 is 6.03 Å². The Balaban J connectivity index is 1.73. The summed E-state index contributed by atoms with van der Waals surface area (Å²) in [4.78, 5) is 11.8. The molecule has 2 rings (SSSR count). The fourth-order valence-electron chi connectivity index (χ4n) is 2.12. The topological polar surface area (TPSA) is 74.1 Å². The van der Waals surface area contributed by atoms with Gasteiger partial charge in [-0.25, -0.2) is 9.18 Å². The number of carbonyl (C=O) groups excluding carboxylic acids is 1. The molecule has 2 amide bonds. The van der Waals surface area contributed by atoms with E-state index in [-0.39, 0.29) is 18.5 Å². The van der Waals surface area contributed by atoms with Crippen molar-refractivity contribution in [2.75, 3.05) is 13.2 Å². The highest BCUT2D eigenvalue weighted by atomic mass is 79.9. The number of ether oxygens (including phenoxy) is 1. The lowest BCUT2D eigenvalue weighted by Gasteiger charge is -2.09. The number of nitrogens with zero attached hydrogens (tertiary/aromatic N) is 1. The molecule has 0 fully saturated rings. The summed E-state index contributed by atoms with van der Waals surface area (Å²) in [6.07, 6.45) is 0.601. The molecule has 0 heterocycles. The van der Waals surface area contributed by atoms with E-state index < -0.39 is 0 Å². The van der Waals surface area contributed by atoms with E-state index in [1.807, 2.05) is 12.1 Å². The molecule has 0 aliphatic rings. The Bertz CT molecular complexity index is 777. The number of hydrogen-bond donors (Lipinski definition) is 2. The van der Waals surface area contributed by atoms with Crippen LogP contribution in [0, 0.1) is 17.1 Å². The van der Waals surface area contributed by atoms with Gasteiger partial charge in [-0.3, -0.25) is 0 Å². The molecule has 130 valence electrons. The summed E-state index contributed by atoms with van der Waals surface area (Å²) in [7, 11) is 0. The monoisotopic (exact) mass is 405 g/mol. The zero-order valence-corrected chi connectivity index (χ0v) is 15.0. The van der Waals surface area contributed by atoms with Crippen molar-refractivity contribution in [3.8, 4) is 11.8 Å². The Hall–Kier alpha value is -2.59. The molecule has 2 aromatic rings. The van der Waals surface area contributed by atoms with Crippen LogP contribution in [0.2, 0.25) is 0 Å². The molecule has 0 saturated heterocycles. The lowest BCUT2D eigenvalue weighted by atomic mass is 10.1. The smallest absolute Gasteiger partial charge is 0.315 e. The van der Waals surface area contributed by atoms with Crippen LogP contribution in [0.5, 0.6) is 5.75 Å². The fourth-order valence-corrected chi connectivity index (χ4v) is 2.55. The molecule has 0 atom stereocenters. The number of benzene rings is 2. The van der Waals surface area contributed by atoms with Gasteiger partial charge in [-0.15, -0.1) is 0 Å². The first-order valence-electron chi connectivity index (χ1n) is 7.63. The van der Waals surface area contributed by atoms with Gasteiger partial charge in [0.25, 0.3) is 0 Å². The Morgan fingerprint density at radius 3 is 2.80 bits per heavy atom. The van der Waals surface area contributed by atoms with Crippen LogP contribution in [0.4, 0.5) is 9.18 Å². The summed E-state index contributed by atoms with van der Waals surface area (Å²) in [5.41, 5.74) is 1.80. The van der Waals surface area contributed by atoms with Crippen LogP contribution in [0.15, 0.2) is 46.9 Å². The standard InChI is InChI=1S/C18H17BrFN3O2/c19-16-11-13(4-5-17(16)20)6-8-22-18(24)23-12-14-2-1-3-15(10-14)25-9-7-21/h1-5,10-11H,6,8-9,12H2,(H2,22,23,24). The number of carbonyl (C=O) groups is 1. The van der Waals surface area contributed by atoms with Crippen LogP contribution in [-0.2, 0) is 13.0 Å². The zero-order valence-electron chi connectivity index (χ0n) is 13.4. The molecule has 0 spiro atoms. The largest absolute Gasteiger partial charge is 0.479 e. The van der Waals surface area contributed by atoms with Gasteiger partial charge < -0.3 is 15.4 Å². The predicted octanol–water partition coefficient (Wildman–Crippen LogP) is 3.53.